The van der Waals surface area contributed by atoms with Gasteiger partial charge in [0.1, 0.15) is 0 Å². The van der Waals surface area contributed by atoms with Crippen LogP contribution in [0.4, 0.5) is 5.69 Å². The molecule has 6 heteroatoms. The molecule has 0 saturated carbocycles. The van der Waals surface area contributed by atoms with Crippen molar-refractivity contribution in [2.24, 2.45) is 4.99 Å². The highest BCUT2D eigenvalue weighted by atomic mass is 32.2. The van der Waals surface area contributed by atoms with Gasteiger partial charge in [-0.3, -0.25) is 4.57 Å². The minimum absolute atomic E-state index is 0.351. The average molecular weight is 259 g/mol. The Labute approximate surface area is 99.6 Å². The summed E-state index contributed by atoms with van der Waals surface area (Å²) in [7, 11) is -0.547. The number of thioether (sulfide) groups is 1. The van der Waals surface area contributed by atoms with E-state index in [1.807, 2.05) is 30.3 Å². The van der Waals surface area contributed by atoms with Gasteiger partial charge in [0.25, 0.3) is 0 Å². The Morgan fingerprint density at radius 2 is 1.81 bits per heavy atom. The van der Waals surface area contributed by atoms with Crippen LogP contribution in [0.25, 0.3) is 0 Å². The predicted octanol–water partition coefficient (Wildman–Crippen LogP) is 3.52. The third kappa shape index (κ3) is 3.19. The fourth-order valence-corrected chi connectivity index (χ4v) is 3.30. The number of nitrogens with zero attached hydrogens (tertiary/aromatic N) is 1. The number of aliphatic imine (C=N–C) groups is 1. The Bertz CT molecular complexity index is 400. The van der Waals surface area contributed by atoms with Gasteiger partial charge in [0.15, 0.2) is 4.78 Å². The van der Waals surface area contributed by atoms with Crippen LogP contribution in [0, 0.1) is 0 Å². The van der Waals surface area contributed by atoms with E-state index >= 15 is 0 Å². The molecular weight excluding hydrogens is 245 g/mol. The van der Waals surface area contributed by atoms with Crippen molar-refractivity contribution < 1.29 is 13.6 Å². The van der Waals surface area contributed by atoms with Crippen LogP contribution in [0.2, 0.25) is 0 Å². The van der Waals surface area contributed by atoms with E-state index in [0.29, 0.717) is 4.78 Å². The molecule has 0 unspecified atom stereocenters. The van der Waals surface area contributed by atoms with E-state index < -0.39 is 7.60 Å². The summed E-state index contributed by atoms with van der Waals surface area (Å²) in [5.41, 5.74) is 0.723. The first kappa shape index (κ1) is 13.5. The molecule has 88 valence electrons. The second-order valence-electron chi connectivity index (χ2n) is 2.80. The third-order valence-corrected chi connectivity index (χ3v) is 5.08. The SMILES string of the molecule is COP(=O)(OC)C(=Nc1ccccc1)SC. The highest BCUT2D eigenvalue weighted by Gasteiger charge is 2.29. The van der Waals surface area contributed by atoms with Crippen molar-refractivity contribution in [1.82, 2.24) is 0 Å². The van der Waals surface area contributed by atoms with Crippen LogP contribution in [0.15, 0.2) is 35.3 Å². The van der Waals surface area contributed by atoms with Gasteiger partial charge in [-0.25, -0.2) is 4.99 Å². The Morgan fingerprint density at radius 1 is 1.25 bits per heavy atom. The molecule has 0 spiro atoms. The summed E-state index contributed by atoms with van der Waals surface area (Å²) < 4.78 is 21.9. The maximum absolute atomic E-state index is 12.1. The summed E-state index contributed by atoms with van der Waals surface area (Å²) >= 11 is 1.26. The van der Waals surface area contributed by atoms with E-state index in [1.54, 1.807) is 6.26 Å². The summed E-state index contributed by atoms with van der Waals surface area (Å²) in [6.45, 7) is 0. The number of benzene rings is 1. The molecule has 1 aromatic rings. The molecule has 0 N–H and O–H groups in total. The van der Waals surface area contributed by atoms with Crippen molar-refractivity contribution in [3.63, 3.8) is 0 Å². The van der Waals surface area contributed by atoms with E-state index in [4.69, 9.17) is 9.05 Å². The van der Waals surface area contributed by atoms with Gasteiger partial charge in [-0.05, 0) is 18.4 Å². The number of hydrogen-bond donors (Lipinski definition) is 0. The standard InChI is InChI=1S/C10H14NO3PS/c1-13-15(12,14-2)10(16-3)11-9-7-5-4-6-8-9/h4-8H,1-3H3. The Morgan fingerprint density at radius 3 is 2.25 bits per heavy atom. The van der Waals surface area contributed by atoms with Gasteiger partial charge in [0.05, 0.1) is 5.69 Å². The molecule has 0 amide bonds. The molecule has 0 aromatic heterocycles. The highest BCUT2D eigenvalue weighted by molar-refractivity contribution is 8.25. The van der Waals surface area contributed by atoms with Crippen LogP contribution < -0.4 is 0 Å². The fourth-order valence-electron chi connectivity index (χ4n) is 1.06. The zero-order chi connectivity index (χ0) is 12.0. The van der Waals surface area contributed by atoms with Crippen LogP contribution in [0.3, 0.4) is 0 Å². The second-order valence-corrected chi connectivity index (χ2v) is 6.04. The average Bonchev–Trinajstić information content (AvgIpc) is 2.36. The molecule has 4 nitrogen and oxygen atoms in total. The molecule has 0 aliphatic rings. The lowest BCUT2D eigenvalue weighted by molar-refractivity contribution is 0.291. The molecule has 0 radical (unpaired) electrons. The summed E-state index contributed by atoms with van der Waals surface area (Å²) in [4.78, 5) is 4.61. The van der Waals surface area contributed by atoms with Crippen LogP contribution in [-0.2, 0) is 13.6 Å². The molecule has 0 aliphatic carbocycles. The number of para-hydroxylation sites is 1. The molecule has 16 heavy (non-hydrogen) atoms. The van der Waals surface area contributed by atoms with Gasteiger partial charge in [0, 0.05) is 14.2 Å². The van der Waals surface area contributed by atoms with E-state index in [2.05, 4.69) is 4.99 Å². The molecule has 1 aromatic carbocycles. The van der Waals surface area contributed by atoms with E-state index in [9.17, 15) is 4.57 Å². The summed E-state index contributed by atoms with van der Waals surface area (Å²) in [6, 6.07) is 9.27. The largest absolute Gasteiger partial charge is 0.385 e. The second kappa shape index (κ2) is 6.21. The third-order valence-electron chi connectivity index (χ3n) is 1.88. The first-order valence-corrected chi connectivity index (χ1v) is 7.33. The van der Waals surface area contributed by atoms with E-state index in [1.165, 1.54) is 26.0 Å². The van der Waals surface area contributed by atoms with Gasteiger partial charge in [0.2, 0.25) is 0 Å². The highest BCUT2D eigenvalue weighted by Crippen LogP contribution is 2.52. The minimum atomic E-state index is -3.24. The van der Waals surface area contributed by atoms with Gasteiger partial charge in [-0.1, -0.05) is 18.2 Å². The van der Waals surface area contributed by atoms with Crippen molar-refractivity contribution >= 4 is 29.8 Å². The zero-order valence-electron chi connectivity index (χ0n) is 9.41. The monoisotopic (exact) mass is 259 g/mol. The lowest BCUT2D eigenvalue weighted by atomic mass is 10.3. The Balaban J connectivity index is 3.08. The maximum Gasteiger partial charge on any atom is 0.385 e. The predicted molar refractivity (Wildman–Crippen MR) is 68.7 cm³/mol. The van der Waals surface area contributed by atoms with Crippen molar-refractivity contribution in [1.29, 1.82) is 0 Å². The zero-order valence-corrected chi connectivity index (χ0v) is 11.1. The quantitative estimate of drug-likeness (QED) is 0.471. The topological polar surface area (TPSA) is 47.9 Å². The first-order valence-electron chi connectivity index (χ1n) is 4.56. The van der Waals surface area contributed by atoms with E-state index in [-0.39, 0.29) is 0 Å². The molecule has 0 atom stereocenters. The molecule has 0 saturated heterocycles. The van der Waals surface area contributed by atoms with Crippen LogP contribution >= 0.6 is 19.4 Å². The Kier molecular flexibility index (Phi) is 5.22. The van der Waals surface area contributed by atoms with Crippen molar-refractivity contribution in [2.45, 2.75) is 0 Å². The van der Waals surface area contributed by atoms with Gasteiger partial charge in [-0.15, -0.1) is 11.8 Å². The molecule has 0 heterocycles. The molecule has 0 bridgehead atoms. The maximum atomic E-state index is 12.1. The van der Waals surface area contributed by atoms with Crippen LogP contribution in [0.1, 0.15) is 0 Å². The molecule has 1 rings (SSSR count). The molecular formula is C10H14NO3PS. The fraction of sp³-hybridized carbons (Fsp3) is 0.300. The van der Waals surface area contributed by atoms with Crippen LogP contribution in [-0.4, -0.2) is 25.3 Å². The lowest BCUT2D eigenvalue weighted by Crippen LogP contribution is -1.98. The number of hydrogen-bond acceptors (Lipinski definition) is 5. The number of rotatable bonds is 4. The smallest absolute Gasteiger partial charge is 0.307 e. The minimum Gasteiger partial charge on any atom is -0.307 e. The summed E-state index contributed by atoms with van der Waals surface area (Å²) in [6.07, 6.45) is 1.78. The van der Waals surface area contributed by atoms with E-state index in [0.717, 1.165) is 5.69 Å². The molecule has 0 fully saturated rings. The summed E-state index contributed by atoms with van der Waals surface area (Å²) in [5, 5.41) is 0. The Hall–Kier alpha value is -0.610. The summed E-state index contributed by atoms with van der Waals surface area (Å²) in [5.74, 6) is 0. The first-order chi connectivity index (χ1) is 7.66. The molecule has 0 aliphatic heterocycles. The van der Waals surface area contributed by atoms with Gasteiger partial charge >= 0.3 is 7.60 Å². The van der Waals surface area contributed by atoms with Crippen LogP contribution in [0.5, 0.6) is 0 Å². The lowest BCUT2D eigenvalue weighted by Gasteiger charge is -2.13. The van der Waals surface area contributed by atoms with Crippen molar-refractivity contribution in [2.75, 3.05) is 20.5 Å². The normalized spacial score (nSPS) is 12.8. The van der Waals surface area contributed by atoms with Crippen molar-refractivity contribution in [3.8, 4) is 0 Å². The van der Waals surface area contributed by atoms with Gasteiger partial charge < -0.3 is 9.05 Å². The van der Waals surface area contributed by atoms with Crippen molar-refractivity contribution in [3.05, 3.63) is 30.3 Å². The van der Waals surface area contributed by atoms with Gasteiger partial charge in [-0.2, -0.15) is 0 Å².